The number of carbonyl (C=O) groups excluding carboxylic acids is 1. The number of hydrogen-bond donors (Lipinski definition) is 1. The van der Waals surface area contributed by atoms with Gasteiger partial charge in [0, 0.05) is 23.2 Å². The number of hydrogen-bond acceptors (Lipinski definition) is 4. The lowest BCUT2D eigenvalue weighted by Gasteiger charge is -2.37. The molecule has 0 aromatic heterocycles. The predicted molar refractivity (Wildman–Crippen MR) is 112 cm³/mol. The van der Waals surface area contributed by atoms with Crippen molar-refractivity contribution in [3.63, 3.8) is 0 Å². The summed E-state index contributed by atoms with van der Waals surface area (Å²) < 4.78 is 5.86. The summed E-state index contributed by atoms with van der Waals surface area (Å²) in [6.07, 6.45) is 11.4. The number of nitrogens with one attached hydrogen (secondary N) is 1. The van der Waals surface area contributed by atoms with E-state index in [-0.39, 0.29) is 18.4 Å². The van der Waals surface area contributed by atoms with Crippen LogP contribution < -0.4 is 5.32 Å². The molecule has 1 saturated carbocycles. The summed E-state index contributed by atoms with van der Waals surface area (Å²) in [6.45, 7) is 2.31. The van der Waals surface area contributed by atoms with Crippen molar-refractivity contribution in [2.24, 2.45) is 5.92 Å². The molecule has 2 aliphatic heterocycles. The summed E-state index contributed by atoms with van der Waals surface area (Å²) in [5.41, 5.74) is 2.51. The Morgan fingerprint density at radius 1 is 1.21 bits per heavy atom. The largest absolute Gasteiger partial charge is 0.464 e. The standard InChI is InChI=1S/C24H31N3O2/c25-13-11-24(28)26-21-9-7-18(8-10-21)12-15-27-14-2-1-5-22(27)20-16-19-4-3-6-23(19)29-17-20/h3-4,6,16-18,21-22H,1-2,5,7-12,14-15H2,(H,26,28)/t18-,21-,22?. The summed E-state index contributed by atoms with van der Waals surface area (Å²) >= 11 is 0. The molecule has 0 bridgehead atoms. The smallest absolute Gasteiger partial charge is 0.234 e. The average molecular weight is 394 g/mol. The van der Waals surface area contributed by atoms with Gasteiger partial charge in [0.25, 0.3) is 0 Å². The van der Waals surface area contributed by atoms with Crippen LogP contribution in [0.3, 0.4) is 0 Å². The van der Waals surface area contributed by atoms with Crippen LogP contribution in [-0.2, 0) is 4.79 Å². The zero-order valence-electron chi connectivity index (χ0n) is 17.1. The van der Waals surface area contributed by atoms with E-state index in [1.807, 2.05) is 18.4 Å². The molecule has 2 heterocycles. The Morgan fingerprint density at radius 3 is 2.90 bits per heavy atom. The van der Waals surface area contributed by atoms with Crippen molar-refractivity contribution in [1.82, 2.24) is 10.2 Å². The predicted octanol–water partition coefficient (Wildman–Crippen LogP) is 4.89. The number of piperidine rings is 1. The Labute approximate surface area is 173 Å². The van der Waals surface area contributed by atoms with Crippen molar-refractivity contribution >= 4 is 5.91 Å². The summed E-state index contributed by atoms with van der Waals surface area (Å²) in [6, 6.07) is 11.2. The van der Waals surface area contributed by atoms with Crippen LogP contribution in [0.4, 0.5) is 0 Å². The first-order valence-electron chi connectivity index (χ1n) is 11.1. The summed E-state index contributed by atoms with van der Waals surface area (Å²) in [4.78, 5) is 14.3. The molecule has 29 heavy (non-hydrogen) atoms. The van der Waals surface area contributed by atoms with Crippen molar-refractivity contribution in [2.45, 2.75) is 69.9 Å². The molecule has 4 rings (SSSR count). The minimum atomic E-state index is -0.126. The quantitative estimate of drug-likeness (QED) is 0.759. The molecule has 2 aliphatic carbocycles. The normalized spacial score (nSPS) is 25.6. The minimum absolute atomic E-state index is 0.0287. The van der Waals surface area contributed by atoms with Gasteiger partial charge in [-0.15, -0.1) is 0 Å². The molecule has 5 heteroatoms. The van der Waals surface area contributed by atoms with Gasteiger partial charge in [-0.25, -0.2) is 0 Å². The fraction of sp³-hybridized carbons (Fsp3) is 0.583. The SMILES string of the molecule is N#CCC(=O)N[C@H]1CC[C@H](CCN2CCCCC2c2coc3cccc-3c2)CC1. The molecule has 1 atom stereocenters. The lowest BCUT2D eigenvalue weighted by Crippen LogP contribution is -2.38. The van der Waals surface area contributed by atoms with Crippen LogP contribution in [0, 0.1) is 17.2 Å². The van der Waals surface area contributed by atoms with Crippen LogP contribution >= 0.6 is 0 Å². The Kier molecular flexibility index (Phi) is 6.51. The van der Waals surface area contributed by atoms with Gasteiger partial charge in [0.2, 0.25) is 5.91 Å². The first-order chi connectivity index (χ1) is 14.2. The van der Waals surface area contributed by atoms with Crippen molar-refractivity contribution < 1.29 is 9.21 Å². The average Bonchev–Trinajstić information content (AvgIpc) is 3.21. The molecule has 0 radical (unpaired) electrons. The Hall–Kier alpha value is -2.32. The summed E-state index contributed by atoms with van der Waals surface area (Å²) in [7, 11) is 0. The fourth-order valence-electron chi connectivity index (χ4n) is 5.09. The third-order valence-corrected chi connectivity index (χ3v) is 6.73. The van der Waals surface area contributed by atoms with E-state index in [4.69, 9.17) is 9.68 Å². The van der Waals surface area contributed by atoms with Gasteiger partial charge in [-0.05, 0) is 76.1 Å². The van der Waals surface area contributed by atoms with Gasteiger partial charge in [0.1, 0.15) is 12.2 Å². The molecule has 1 N–H and O–H groups in total. The number of rotatable bonds is 6. The molecular formula is C24H31N3O2. The minimum Gasteiger partial charge on any atom is -0.464 e. The molecule has 2 fully saturated rings. The highest BCUT2D eigenvalue weighted by Crippen LogP contribution is 2.36. The van der Waals surface area contributed by atoms with Gasteiger partial charge in [-0.1, -0.05) is 18.6 Å². The van der Waals surface area contributed by atoms with E-state index in [2.05, 4.69) is 28.4 Å². The Bertz CT molecular complexity index is 816. The first kappa shape index (κ1) is 20.0. The third kappa shape index (κ3) is 5.00. The summed E-state index contributed by atoms with van der Waals surface area (Å²) in [5, 5.41) is 11.6. The van der Waals surface area contributed by atoms with E-state index < -0.39 is 0 Å². The first-order valence-corrected chi connectivity index (χ1v) is 11.1. The zero-order valence-corrected chi connectivity index (χ0v) is 17.1. The van der Waals surface area contributed by atoms with Crippen LogP contribution in [0.2, 0.25) is 0 Å². The molecular weight excluding hydrogens is 362 g/mol. The monoisotopic (exact) mass is 393 g/mol. The van der Waals surface area contributed by atoms with Gasteiger partial charge in [0.05, 0.1) is 12.3 Å². The molecule has 0 aromatic carbocycles. The van der Waals surface area contributed by atoms with Gasteiger partial charge in [-0.3, -0.25) is 9.69 Å². The number of nitriles is 1. The van der Waals surface area contributed by atoms with E-state index in [1.165, 1.54) is 56.2 Å². The molecule has 4 aliphatic rings. The van der Waals surface area contributed by atoms with Crippen molar-refractivity contribution in [2.75, 3.05) is 13.1 Å². The van der Waals surface area contributed by atoms with E-state index in [9.17, 15) is 4.79 Å². The molecule has 154 valence electrons. The molecule has 0 spiro atoms. The molecule has 1 saturated heterocycles. The van der Waals surface area contributed by atoms with Gasteiger partial charge in [0.15, 0.2) is 0 Å². The topological polar surface area (TPSA) is 69.3 Å². The number of fused-ring (bicyclic) bond motifs is 1. The Morgan fingerprint density at radius 2 is 2.07 bits per heavy atom. The zero-order chi connectivity index (χ0) is 20.1. The molecule has 1 amide bonds. The Balaban J connectivity index is 1.29. The maximum Gasteiger partial charge on any atom is 0.234 e. The third-order valence-electron chi connectivity index (χ3n) is 6.73. The van der Waals surface area contributed by atoms with Crippen molar-refractivity contribution in [3.8, 4) is 17.4 Å². The maximum atomic E-state index is 11.6. The number of likely N-dealkylation sites (tertiary alicyclic amines) is 1. The lowest BCUT2D eigenvalue weighted by atomic mass is 9.83. The van der Waals surface area contributed by atoms with Crippen LogP contribution in [0.25, 0.3) is 11.3 Å². The van der Waals surface area contributed by atoms with Crippen LogP contribution in [-0.4, -0.2) is 29.9 Å². The highest BCUT2D eigenvalue weighted by Gasteiger charge is 2.27. The number of amides is 1. The van der Waals surface area contributed by atoms with E-state index in [0.29, 0.717) is 6.04 Å². The maximum absolute atomic E-state index is 11.6. The number of carbonyl (C=O) groups is 1. The lowest BCUT2D eigenvalue weighted by molar-refractivity contribution is -0.121. The second-order valence-electron chi connectivity index (χ2n) is 8.68. The second kappa shape index (κ2) is 9.45. The van der Waals surface area contributed by atoms with Crippen molar-refractivity contribution in [1.29, 1.82) is 5.26 Å². The van der Waals surface area contributed by atoms with Crippen LogP contribution in [0.1, 0.15) is 69.4 Å². The fourth-order valence-corrected chi connectivity index (χ4v) is 5.09. The van der Waals surface area contributed by atoms with Crippen molar-refractivity contribution in [3.05, 3.63) is 36.1 Å². The highest BCUT2D eigenvalue weighted by atomic mass is 16.3. The van der Waals surface area contributed by atoms with E-state index in [0.717, 1.165) is 31.1 Å². The van der Waals surface area contributed by atoms with Crippen LogP contribution in [0.5, 0.6) is 0 Å². The molecule has 0 aromatic rings. The summed E-state index contributed by atoms with van der Waals surface area (Å²) in [5.74, 6) is 1.58. The van der Waals surface area contributed by atoms with Gasteiger partial charge in [-0.2, -0.15) is 5.26 Å². The van der Waals surface area contributed by atoms with Crippen LogP contribution in [0.15, 0.2) is 34.9 Å². The van der Waals surface area contributed by atoms with E-state index in [1.54, 1.807) is 0 Å². The molecule has 1 unspecified atom stereocenters. The highest BCUT2D eigenvalue weighted by molar-refractivity contribution is 5.78. The molecule has 5 nitrogen and oxygen atoms in total. The number of nitrogens with zero attached hydrogens (tertiary/aromatic N) is 2. The van der Waals surface area contributed by atoms with E-state index >= 15 is 0 Å². The second-order valence-corrected chi connectivity index (χ2v) is 8.68. The van der Waals surface area contributed by atoms with Gasteiger partial charge >= 0.3 is 0 Å². The van der Waals surface area contributed by atoms with Gasteiger partial charge < -0.3 is 9.73 Å².